The van der Waals surface area contributed by atoms with Crippen LogP contribution in [0.15, 0.2) is 30.5 Å². The Hall–Kier alpha value is -2.01. The molecule has 2 aliphatic rings. The molecule has 0 spiro atoms. The summed E-state index contributed by atoms with van der Waals surface area (Å²) in [4.78, 5) is 16.5. The highest BCUT2D eigenvalue weighted by Crippen LogP contribution is 2.49. The fourth-order valence-corrected chi connectivity index (χ4v) is 3.93. The molecule has 1 heterocycles. The van der Waals surface area contributed by atoms with Crippen molar-refractivity contribution in [3.8, 4) is 0 Å². The number of fused-ring (bicyclic) bond motifs is 2. The molecule has 1 aromatic carbocycles. The van der Waals surface area contributed by atoms with Crippen molar-refractivity contribution in [3.63, 3.8) is 0 Å². The van der Waals surface area contributed by atoms with Crippen LogP contribution in [0.25, 0.3) is 10.9 Å². The maximum atomic E-state index is 13.6. The van der Waals surface area contributed by atoms with Crippen molar-refractivity contribution >= 4 is 22.5 Å². The van der Waals surface area contributed by atoms with E-state index >= 15 is 0 Å². The van der Waals surface area contributed by atoms with E-state index in [1.54, 1.807) is 18.2 Å². The summed E-state index contributed by atoms with van der Waals surface area (Å²) in [5.74, 6) is 0.844. The van der Waals surface area contributed by atoms with Gasteiger partial charge in [0.25, 0.3) is 0 Å². The average Bonchev–Trinajstić information content (AvgIpc) is 2.85. The van der Waals surface area contributed by atoms with Crippen LogP contribution in [0.1, 0.15) is 19.3 Å². The van der Waals surface area contributed by atoms with Crippen molar-refractivity contribution in [3.05, 3.63) is 36.3 Å². The predicted molar refractivity (Wildman–Crippen MR) is 82.6 cm³/mol. The number of nitrogens with two attached hydrogens (primary N) is 1. The fraction of sp³-hybridized carbons (Fsp3) is 0.412. The van der Waals surface area contributed by atoms with E-state index in [4.69, 9.17) is 5.73 Å². The molecule has 4 unspecified atom stereocenters. The predicted octanol–water partition coefficient (Wildman–Crippen LogP) is 2.69. The third-order valence-corrected chi connectivity index (χ3v) is 5.17. The second-order valence-electron chi connectivity index (χ2n) is 6.52. The lowest BCUT2D eigenvalue weighted by Gasteiger charge is -2.37. The molecule has 0 saturated heterocycles. The van der Waals surface area contributed by atoms with Crippen molar-refractivity contribution in [1.29, 1.82) is 0 Å². The Morgan fingerprint density at radius 1 is 1.32 bits per heavy atom. The minimum Gasteiger partial charge on any atom is -0.327 e. The summed E-state index contributed by atoms with van der Waals surface area (Å²) in [7, 11) is 0. The largest absolute Gasteiger partial charge is 0.327 e. The number of benzene rings is 1. The van der Waals surface area contributed by atoms with E-state index in [1.165, 1.54) is 12.3 Å². The number of aromatic nitrogens is 1. The summed E-state index contributed by atoms with van der Waals surface area (Å²) >= 11 is 0. The number of amides is 1. The summed E-state index contributed by atoms with van der Waals surface area (Å²) in [6, 6.07) is 6.84. The number of carbonyl (C=O) groups excluding carboxylic acids is 1. The molecule has 0 aliphatic heterocycles. The molecule has 2 saturated carbocycles. The van der Waals surface area contributed by atoms with Gasteiger partial charge in [0.2, 0.25) is 5.91 Å². The van der Waals surface area contributed by atoms with Gasteiger partial charge in [-0.25, -0.2) is 4.39 Å². The van der Waals surface area contributed by atoms with Crippen LogP contribution in [0.5, 0.6) is 0 Å². The molecule has 0 radical (unpaired) electrons. The minimum atomic E-state index is -0.350. The number of para-hydroxylation sites is 1. The van der Waals surface area contributed by atoms with Crippen molar-refractivity contribution in [2.75, 3.05) is 5.32 Å². The summed E-state index contributed by atoms with van der Waals surface area (Å²) in [6.45, 7) is 0. The third kappa shape index (κ3) is 2.16. The van der Waals surface area contributed by atoms with Crippen LogP contribution in [0.2, 0.25) is 0 Å². The second kappa shape index (κ2) is 5.02. The SMILES string of the molecule is NC1CC2CC(C(=O)Nc3cnc4c(F)cccc4c3)CC12. The molecule has 114 valence electrons. The highest BCUT2D eigenvalue weighted by Gasteiger charge is 2.47. The van der Waals surface area contributed by atoms with Crippen LogP contribution in [0.4, 0.5) is 10.1 Å². The Kier molecular flexibility index (Phi) is 3.11. The van der Waals surface area contributed by atoms with E-state index < -0.39 is 0 Å². The number of hydrogen-bond donors (Lipinski definition) is 2. The first-order valence-electron chi connectivity index (χ1n) is 7.72. The van der Waals surface area contributed by atoms with E-state index in [1.807, 2.05) is 0 Å². The van der Waals surface area contributed by atoms with Gasteiger partial charge in [-0.1, -0.05) is 12.1 Å². The number of anilines is 1. The Morgan fingerprint density at radius 3 is 2.95 bits per heavy atom. The van der Waals surface area contributed by atoms with E-state index in [0.717, 1.165) is 19.3 Å². The Labute approximate surface area is 127 Å². The van der Waals surface area contributed by atoms with Crippen LogP contribution in [0, 0.1) is 23.6 Å². The molecular weight excluding hydrogens is 281 g/mol. The zero-order chi connectivity index (χ0) is 15.3. The molecule has 3 N–H and O–H groups in total. The first-order chi connectivity index (χ1) is 10.6. The maximum absolute atomic E-state index is 13.6. The highest BCUT2D eigenvalue weighted by atomic mass is 19.1. The first-order valence-corrected chi connectivity index (χ1v) is 7.72. The third-order valence-electron chi connectivity index (χ3n) is 5.17. The van der Waals surface area contributed by atoms with Crippen LogP contribution < -0.4 is 11.1 Å². The zero-order valence-electron chi connectivity index (χ0n) is 12.1. The number of nitrogens with one attached hydrogen (secondary N) is 1. The van der Waals surface area contributed by atoms with Crippen molar-refractivity contribution < 1.29 is 9.18 Å². The number of nitrogens with zero attached hydrogens (tertiary/aromatic N) is 1. The Bertz CT molecular complexity index is 748. The Morgan fingerprint density at radius 2 is 2.18 bits per heavy atom. The topological polar surface area (TPSA) is 68.0 Å². The quantitative estimate of drug-likeness (QED) is 0.896. The lowest BCUT2D eigenvalue weighted by atomic mass is 9.72. The van der Waals surface area contributed by atoms with Crippen LogP contribution in [-0.4, -0.2) is 16.9 Å². The number of rotatable bonds is 2. The van der Waals surface area contributed by atoms with Gasteiger partial charge in [0.1, 0.15) is 11.3 Å². The molecule has 2 aliphatic carbocycles. The minimum absolute atomic E-state index is 0.0270. The van der Waals surface area contributed by atoms with Gasteiger partial charge >= 0.3 is 0 Å². The molecule has 1 amide bonds. The lowest BCUT2D eigenvalue weighted by Crippen LogP contribution is -2.44. The van der Waals surface area contributed by atoms with E-state index in [9.17, 15) is 9.18 Å². The van der Waals surface area contributed by atoms with Gasteiger partial charge < -0.3 is 11.1 Å². The molecule has 1 aromatic heterocycles. The fourth-order valence-electron chi connectivity index (χ4n) is 3.93. The van der Waals surface area contributed by atoms with Crippen LogP contribution in [0.3, 0.4) is 0 Å². The molecule has 0 bridgehead atoms. The summed E-state index contributed by atoms with van der Waals surface area (Å²) < 4.78 is 13.6. The highest BCUT2D eigenvalue weighted by molar-refractivity contribution is 5.94. The summed E-state index contributed by atoms with van der Waals surface area (Å²) in [6.07, 6.45) is 4.37. The summed E-state index contributed by atoms with van der Waals surface area (Å²) in [5.41, 5.74) is 6.92. The molecule has 2 aromatic rings. The molecule has 5 heteroatoms. The standard InChI is InChI=1S/C17H18FN3O/c18-14-3-1-2-9-5-12(8-20-16(9)14)21-17(22)11-4-10-7-15(19)13(10)6-11/h1-3,5,8,10-11,13,15H,4,6-7,19H2,(H,21,22). The van der Waals surface area contributed by atoms with Gasteiger partial charge in [-0.2, -0.15) is 0 Å². The van der Waals surface area contributed by atoms with E-state index in [2.05, 4.69) is 10.3 Å². The number of carbonyl (C=O) groups is 1. The normalized spacial score (nSPS) is 29.9. The lowest BCUT2D eigenvalue weighted by molar-refractivity contribution is -0.119. The molecule has 2 fully saturated rings. The molecule has 4 atom stereocenters. The number of halogens is 1. The van der Waals surface area contributed by atoms with Crippen LogP contribution in [-0.2, 0) is 4.79 Å². The maximum Gasteiger partial charge on any atom is 0.227 e. The number of pyridine rings is 1. The summed E-state index contributed by atoms with van der Waals surface area (Å²) in [5, 5.41) is 3.60. The molecule has 4 nitrogen and oxygen atoms in total. The van der Waals surface area contributed by atoms with Gasteiger partial charge in [0.15, 0.2) is 0 Å². The average molecular weight is 299 g/mol. The van der Waals surface area contributed by atoms with E-state index in [-0.39, 0.29) is 23.7 Å². The molecule has 22 heavy (non-hydrogen) atoms. The monoisotopic (exact) mass is 299 g/mol. The van der Waals surface area contributed by atoms with E-state index in [0.29, 0.717) is 28.4 Å². The van der Waals surface area contributed by atoms with Gasteiger partial charge in [0, 0.05) is 17.3 Å². The molecular formula is C17H18FN3O. The Balaban J connectivity index is 1.50. The van der Waals surface area contributed by atoms with Crippen molar-refractivity contribution in [1.82, 2.24) is 4.98 Å². The van der Waals surface area contributed by atoms with Gasteiger partial charge in [0.05, 0.1) is 11.9 Å². The van der Waals surface area contributed by atoms with Gasteiger partial charge in [-0.3, -0.25) is 9.78 Å². The smallest absolute Gasteiger partial charge is 0.227 e. The van der Waals surface area contributed by atoms with Crippen molar-refractivity contribution in [2.45, 2.75) is 25.3 Å². The van der Waals surface area contributed by atoms with Gasteiger partial charge in [-0.15, -0.1) is 0 Å². The number of hydrogen-bond acceptors (Lipinski definition) is 3. The molecule has 4 rings (SSSR count). The van der Waals surface area contributed by atoms with Gasteiger partial charge in [-0.05, 0) is 43.2 Å². The zero-order valence-corrected chi connectivity index (χ0v) is 12.1. The first kappa shape index (κ1) is 13.6. The second-order valence-corrected chi connectivity index (χ2v) is 6.52. The van der Waals surface area contributed by atoms with Crippen LogP contribution >= 0.6 is 0 Å². The van der Waals surface area contributed by atoms with Crippen molar-refractivity contribution in [2.24, 2.45) is 23.5 Å².